The fraction of sp³-hybridized carbons (Fsp3) is 0.462. The van der Waals surface area contributed by atoms with Gasteiger partial charge in [0.1, 0.15) is 5.82 Å². The van der Waals surface area contributed by atoms with Crippen LogP contribution in [0.1, 0.15) is 29.5 Å². The van der Waals surface area contributed by atoms with Crippen molar-refractivity contribution < 1.29 is 0 Å². The van der Waals surface area contributed by atoms with Crippen molar-refractivity contribution >= 4 is 17.2 Å². The SMILES string of the molecule is Cc1csc(C2CCCN(c3cnccn3)C2)n1. The molecule has 0 radical (unpaired) electrons. The highest BCUT2D eigenvalue weighted by Gasteiger charge is 2.24. The number of thiazole rings is 1. The van der Waals surface area contributed by atoms with Crippen molar-refractivity contribution in [3.8, 4) is 0 Å². The van der Waals surface area contributed by atoms with E-state index >= 15 is 0 Å². The lowest BCUT2D eigenvalue weighted by Crippen LogP contribution is -2.34. The number of hydrogen-bond donors (Lipinski definition) is 0. The van der Waals surface area contributed by atoms with Crippen LogP contribution >= 0.6 is 11.3 Å². The van der Waals surface area contributed by atoms with Gasteiger partial charge in [-0.2, -0.15) is 0 Å². The first-order valence-corrected chi connectivity index (χ1v) is 7.14. The van der Waals surface area contributed by atoms with E-state index in [9.17, 15) is 0 Å². The van der Waals surface area contributed by atoms with Crippen molar-refractivity contribution in [1.82, 2.24) is 15.0 Å². The van der Waals surface area contributed by atoms with Crippen molar-refractivity contribution in [3.63, 3.8) is 0 Å². The summed E-state index contributed by atoms with van der Waals surface area (Å²) in [4.78, 5) is 15.5. The molecular formula is C13H16N4S. The van der Waals surface area contributed by atoms with E-state index in [1.807, 2.05) is 6.20 Å². The van der Waals surface area contributed by atoms with Crippen LogP contribution in [0.3, 0.4) is 0 Å². The summed E-state index contributed by atoms with van der Waals surface area (Å²) in [7, 11) is 0. The highest BCUT2D eigenvalue weighted by molar-refractivity contribution is 7.09. The maximum absolute atomic E-state index is 4.62. The van der Waals surface area contributed by atoms with E-state index in [0.29, 0.717) is 5.92 Å². The van der Waals surface area contributed by atoms with Gasteiger partial charge in [-0.05, 0) is 19.8 Å². The Morgan fingerprint density at radius 3 is 3.06 bits per heavy atom. The average molecular weight is 260 g/mol. The first-order chi connectivity index (χ1) is 8.83. The maximum atomic E-state index is 4.62. The van der Waals surface area contributed by atoms with Crippen molar-refractivity contribution in [2.45, 2.75) is 25.7 Å². The molecule has 1 fully saturated rings. The first kappa shape index (κ1) is 11.6. The second-order valence-corrected chi connectivity index (χ2v) is 5.57. The van der Waals surface area contributed by atoms with Crippen LogP contribution in [-0.4, -0.2) is 28.0 Å². The second kappa shape index (κ2) is 5.02. The van der Waals surface area contributed by atoms with Crippen LogP contribution in [0.2, 0.25) is 0 Å². The molecule has 0 aliphatic carbocycles. The summed E-state index contributed by atoms with van der Waals surface area (Å²) in [6.45, 7) is 4.13. The third-order valence-corrected chi connectivity index (χ3v) is 4.41. The Bertz CT molecular complexity index is 511. The van der Waals surface area contributed by atoms with Gasteiger partial charge in [0.15, 0.2) is 0 Å². The Balaban J connectivity index is 1.76. The van der Waals surface area contributed by atoms with E-state index in [1.165, 1.54) is 17.8 Å². The average Bonchev–Trinajstić information content (AvgIpc) is 2.87. The predicted molar refractivity (Wildman–Crippen MR) is 73.1 cm³/mol. The van der Waals surface area contributed by atoms with Crippen LogP contribution in [-0.2, 0) is 0 Å². The Morgan fingerprint density at radius 2 is 2.33 bits per heavy atom. The lowest BCUT2D eigenvalue weighted by Gasteiger charge is -2.32. The molecule has 3 heterocycles. The van der Waals surface area contributed by atoms with Crippen LogP contribution in [0.15, 0.2) is 24.0 Å². The van der Waals surface area contributed by atoms with Crippen LogP contribution in [0.25, 0.3) is 0 Å². The fourth-order valence-electron chi connectivity index (χ4n) is 2.40. The normalized spacial score (nSPS) is 20.1. The maximum Gasteiger partial charge on any atom is 0.147 e. The zero-order valence-corrected chi connectivity index (χ0v) is 11.2. The molecule has 0 aromatic carbocycles. The molecule has 0 spiro atoms. The molecule has 2 aromatic heterocycles. The number of anilines is 1. The predicted octanol–water partition coefficient (Wildman–Crippen LogP) is 2.63. The largest absolute Gasteiger partial charge is 0.355 e. The molecule has 1 unspecified atom stereocenters. The summed E-state index contributed by atoms with van der Waals surface area (Å²) < 4.78 is 0. The molecule has 18 heavy (non-hydrogen) atoms. The van der Waals surface area contributed by atoms with Gasteiger partial charge in [0.05, 0.1) is 11.2 Å². The van der Waals surface area contributed by atoms with E-state index in [0.717, 1.165) is 24.6 Å². The minimum Gasteiger partial charge on any atom is -0.355 e. The molecule has 1 aliphatic heterocycles. The fourth-order valence-corrected chi connectivity index (χ4v) is 3.33. The number of rotatable bonds is 2. The molecule has 1 aliphatic rings. The van der Waals surface area contributed by atoms with E-state index in [2.05, 4.69) is 32.2 Å². The van der Waals surface area contributed by atoms with E-state index in [1.54, 1.807) is 23.7 Å². The van der Waals surface area contributed by atoms with Gasteiger partial charge in [-0.1, -0.05) is 0 Å². The highest BCUT2D eigenvalue weighted by atomic mass is 32.1. The molecule has 0 bridgehead atoms. The first-order valence-electron chi connectivity index (χ1n) is 6.26. The van der Waals surface area contributed by atoms with Gasteiger partial charge in [-0.3, -0.25) is 4.98 Å². The third-order valence-electron chi connectivity index (χ3n) is 3.28. The van der Waals surface area contributed by atoms with Crippen LogP contribution < -0.4 is 4.90 Å². The molecule has 0 N–H and O–H groups in total. The molecule has 0 amide bonds. The van der Waals surface area contributed by atoms with Crippen molar-refractivity contribution in [3.05, 3.63) is 34.7 Å². The second-order valence-electron chi connectivity index (χ2n) is 4.68. The summed E-state index contributed by atoms with van der Waals surface area (Å²) in [5, 5.41) is 3.40. The smallest absolute Gasteiger partial charge is 0.147 e. The number of hydrogen-bond acceptors (Lipinski definition) is 5. The topological polar surface area (TPSA) is 41.9 Å². The molecule has 94 valence electrons. The molecule has 3 rings (SSSR count). The van der Waals surface area contributed by atoms with Gasteiger partial charge >= 0.3 is 0 Å². The quantitative estimate of drug-likeness (QED) is 0.832. The number of piperidine rings is 1. The Morgan fingerprint density at radius 1 is 1.39 bits per heavy atom. The number of aryl methyl sites for hydroxylation is 1. The minimum absolute atomic E-state index is 0.541. The van der Waals surface area contributed by atoms with Crippen LogP contribution in [0.4, 0.5) is 5.82 Å². The monoisotopic (exact) mass is 260 g/mol. The van der Waals surface area contributed by atoms with E-state index in [-0.39, 0.29) is 0 Å². The summed E-state index contributed by atoms with van der Waals surface area (Å²) >= 11 is 1.78. The van der Waals surface area contributed by atoms with Crippen molar-refractivity contribution in [2.75, 3.05) is 18.0 Å². The summed E-state index contributed by atoms with van der Waals surface area (Å²) in [5.41, 5.74) is 1.13. The molecule has 2 aromatic rings. The summed E-state index contributed by atoms with van der Waals surface area (Å²) in [5.74, 6) is 1.52. The highest BCUT2D eigenvalue weighted by Crippen LogP contribution is 2.30. The number of nitrogens with zero attached hydrogens (tertiary/aromatic N) is 4. The zero-order valence-electron chi connectivity index (χ0n) is 10.4. The van der Waals surface area contributed by atoms with Gasteiger partial charge in [0.25, 0.3) is 0 Å². The molecular weight excluding hydrogens is 244 g/mol. The molecule has 1 saturated heterocycles. The lowest BCUT2D eigenvalue weighted by molar-refractivity contribution is 0.504. The molecule has 1 atom stereocenters. The molecule has 5 heteroatoms. The Labute approximate surface area is 111 Å². The van der Waals surface area contributed by atoms with Gasteiger partial charge in [0, 0.05) is 42.5 Å². The van der Waals surface area contributed by atoms with Crippen molar-refractivity contribution in [1.29, 1.82) is 0 Å². The van der Waals surface area contributed by atoms with Gasteiger partial charge in [-0.15, -0.1) is 11.3 Å². The molecule has 4 nitrogen and oxygen atoms in total. The molecule has 0 saturated carbocycles. The summed E-state index contributed by atoms with van der Waals surface area (Å²) in [6, 6.07) is 0. The third kappa shape index (κ3) is 2.36. The zero-order chi connectivity index (χ0) is 12.4. The van der Waals surface area contributed by atoms with Gasteiger partial charge in [-0.25, -0.2) is 9.97 Å². The van der Waals surface area contributed by atoms with E-state index in [4.69, 9.17) is 0 Å². The van der Waals surface area contributed by atoms with Gasteiger partial charge in [0.2, 0.25) is 0 Å². The van der Waals surface area contributed by atoms with E-state index < -0.39 is 0 Å². The Kier molecular flexibility index (Phi) is 3.23. The van der Waals surface area contributed by atoms with Crippen LogP contribution in [0, 0.1) is 6.92 Å². The summed E-state index contributed by atoms with van der Waals surface area (Å²) in [6.07, 6.45) is 7.74. The number of aromatic nitrogens is 3. The lowest BCUT2D eigenvalue weighted by atomic mass is 9.99. The minimum atomic E-state index is 0.541. The van der Waals surface area contributed by atoms with Gasteiger partial charge < -0.3 is 4.90 Å². The standard InChI is InChI=1S/C13H16N4S/c1-10-9-18-13(16-10)11-3-2-6-17(8-11)12-7-14-4-5-15-12/h4-5,7,9,11H,2-3,6,8H2,1H3. The van der Waals surface area contributed by atoms with Crippen molar-refractivity contribution in [2.24, 2.45) is 0 Å². The Hall–Kier alpha value is -1.49. The van der Waals surface area contributed by atoms with Crippen LogP contribution in [0.5, 0.6) is 0 Å².